The summed E-state index contributed by atoms with van der Waals surface area (Å²) in [5.41, 5.74) is 7.17. The number of hydrogen-bond donors (Lipinski definition) is 4. The Kier molecular flexibility index (Phi) is 12.3. The van der Waals surface area contributed by atoms with Crippen molar-refractivity contribution in [3.63, 3.8) is 0 Å². The summed E-state index contributed by atoms with van der Waals surface area (Å²) in [7, 11) is -7.48. The number of nitrogens with one attached hydrogen (secondary N) is 4. The van der Waals surface area contributed by atoms with Gasteiger partial charge in [0.25, 0.3) is 20.0 Å². The molecule has 12 heteroatoms. The van der Waals surface area contributed by atoms with Crippen LogP contribution in [-0.4, -0.2) is 28.6 Å². The van der Waals surface area contributed by atoms with Gasteiger partial charge in [-0.05, 0) is 98.5 Å². The van der Waals surface area contributed by atoms with Gasteiger partial charge in [0.1, 0.15) is 0 Å². The van der Waals surface area contributed by atoms with Crippen LogP contribution >= 0.6 is 0 Å². The number of hydrogen-bond acceptors (Lipinski definition) is 6. The molecule has 0 unspecified atom stereocenters. The van der Waals surface area contributed by atoms with Crippen LogP contribution in [0.25, 0.3) is 22.3 Å². The van der Waals surface area contributed by atoms with Crippen molar-refractivity contribution < 1.29 is 26.4 Å². The van der Waals surface area contributed by atoms with Crippen molar-refractivity contribution in [1.82, 2.24) is 0 Å². The number of para-hydroxylation sites is 2. The van der Waals surface area contributed by atoms with Crippen LogP contribution in [-0.2, 0) is 29.6 Å². The van der Waals surface area contributed by atoms with Gasteiger partial charge < -0.3 is 10.6 Å². The number of carbonyl (C=O) groups excluding carboxylic acids is 2. The maximum Gasteiger partial charge on any atom is 0.261 e. The first-order chi connectivity index (χ1) is 26.9. The van der Waals surface area contributed by atoms with E-state index in [-0.39, 0.29) is 34.4 Å². The molecule has 0 aromatic heterocycles. The molecule has 6 aromatic rings. The van der Waals surface area contributed by atoms with Crippen molar-refractivity contribution in [3.05, 3.63) is 157 Å². The molecule has 0 fully saturated rings. The first-order valence-electron chi connectivity index (χ1n) is 18.0. The highest BCUT2D eigenvalue weighted by Crippen LogP contribution is 2.31. The molecule has 0 radical (unpaired) electrons. The summed E-state index contributed by atoms with van der Waals surface area (Å²) in [4.78, 5) is 26.3. The van der Waals surface area contributed by atoms with Crippen molar-refractivity contribution in [1.29, 1.82) is 0 Å². The highest BCUT2D eigenvalue weighted by Gasteiger charge is 2.16. The van der Waals surface area contributed by atoms with E-state index in [0.29, 0.717) is 35.6 Å². The topological polar surface area (TPSA) is 151 Å². The molecule has 2 amide bonds. The van der Waals surface area contributed by atoms with Gasteiger partial charge in [0.05, 0.1) is 9.79 Å². The quantitative estimate of drug-likeness (QED) is 0.0762. The fourth-order valence-corrected chi connectivity index (χ4v) is 8.10. The highest BCUT2D eigenvalue weighted by atomic mass is 32.2. The SMILES string of the molecule is Cc1ccc(S(=O)(=O)Nc2ccc(-c3ccccc3NC(=O)CCCCC(=O)Nc3ccccc3-c3ccc(NS(=O)(=O)c4ccc(C)cc4)cc3)cc2)cc1. The van der Waals surface area contributed by atoms with Crippen molar-refractivity contribution in [2.75, 3.05) is 20.1 Å². The van der Waals surface area contributed by atoms with Crippen molar-refractivity contribution in [2.45, 2.75) is 49.3 Å². The van der Waals surface area contributed by atoms with E-state index in [2.05, 4.69) is 20.1 Å². The van der Waals surface area contributed by atoms with E-state index in [0.717, 1.165) is 33.4 Å². The lowest BCUT2D eigenvalue weighted by Gasteiger charge is -2.13. The van der Waals surface area contributed by atoms with Gasteiger partial charge in [0.15, 0.2) is 0 Å². The van der Waals surface area contributed by atoms with Gasteiger partial charge in [-0.2, -0.15) is 0 Å². The van der Waals surface area contributed by atoms with Gasteiger partial charge >= 0.3 is 0 Å². The molecular formula is C44H42N4O6S2. The van der Waals surface area contributed by atoms with Gasteiger partial charge in [0.2, 0.25) is 11.8 Å². The number of unbranched alkanes of at least 4 members (excludes halogenated alkanes) is 1. The van der Waals surface area contributed by atoms with E-state index >= 15 is 0 Å². The summed E-state index contributed by atoms with van der Waals surface area (Å²) in [6.07, 6.45) is 1.44. The Morgan fingerprint density at radius 2 is 0.786 bits per heavy atom. The molecule has 6 aromatic carbocycles. The Morgan fingerprint density at radius 1 is 0.446 bits per heavy atom. The number of rotatable bonds is 15. The lowest BCUT2D eigenvalue weighted by atomic mass is 10.0. The van der Waals surface area contributed by atoms with Gasteiger partial charge in [-0.15, -0.1) is 0 Å². The monoisotopic (exact) mass is 786 g/mol. The minimum atomic E-state index is -3.74. The molecule has 6 rings (SSSR count). The van der Waals surface area contributed by atoms with Crippen molar-refractivity contribution >= 4 is 54.6 Å². The maximum atomic E-state index is 13.0. The molecule has 0 aliphatic heterocycles. The van der Waals surface area contributed by atoms with Crippen LogP contribution in [0.15, 0.2) is 155 Å². The standard InChI is InChI=1S/C44H42N4O6S2/c1-31-15-27-37(28-16-31)55(51,52)47-35-23-19-33(20-24-35)39-9-3-5-11-41(39)45-43(49)13-7-8-14-44(50)46-42-12-6-4-10-40(42)34-21-25-36(26-22-34)48-56(53,54)38-29-17-32(2)18-30-38/h3-6,9-12,15-30,47-48H,7-8,13-14H2,1-2H3,(H,45,49)(H,46,50). The molecule has 0 aliphatic carbocycles. The zero-order valence-electron chi connectivity index (χ0n) is 31.0. The summed E-state index contributed by atoms with van der Waals surface area (Å²) in [5.74, 6) is -0.370. The molecular weight excluding hydrogens is 745 g/mol. The second-order valence-electron chi connectivity index (χ2n) is 13.4. The van der Waals surface area contributed by atoms with Crippen LogP contribution in [0.3, 0.4) is 0 Å². The van der Waals surface area contributed by atoms with Crippen molar-refractivity contribution in [3.8, 4) is 22.3 Å². The zero-order valence-corrected chi connectivity index (χ0v) is 32.6. The Morgan fingerprint density at radius 3 is 1.14 bits per heavy atom. The van der Waals surface area contributed by atoms with Crippen LogP contribution < -0.4 is 20.1 Å². The van der Waals surface area contributed by atoms with Crippen LogP contribution in [0, 0.1) is 13.8 Å². The van der Waals surface area contributed by atoms with E-state index in [9.17, 15) is 26.4 Å². The normalized spacial score (nSPS) is 11.4. The third-order valence-corrected chi connectivity index (χ3v) is 11.8. The molecule has 0 atom stereocenters. The zero-order chi connectivity index (χ0) is 39.7. The van der Waals surface area contributed by atoms with Crippen molar-refractivity contribution in [2.24, 2.45) is 0 Å². The number of aryl methyl sites for hydroxylation is 2. The lowest BCUT2D eigenvalue weighted by Crippen LogP contribution is -2.14. The first kappa shape index (κ1) is 39.5. The third-order valence-electron chi connectivity index (χ3n) is 9.02. The van der Waals surface area contributed by atoms with Crippen LogP contribution in [0.4, 0.5) is 22.7 Å². The van der Waals surface area contributed by atoms with E-state index in [4.69, 9.17) is 0 Å². The molecule has 10 nitrogen and oxygen atoms in total. The summed E-state index contributed by atoms with van der Waals surface area (Å²) >= 11 is 0. The molecule has 0 saturated heterocycles. The number of sulfonamides is 2. The summed E-state index contributed by atoms with van der Waals surface area (Å²) < 4.78 is 56.5. The maximum absolute atomic E-state index is 13.0. The number of amides is 2. The van der Waals surface area contributed by atoms with E-state index in [1.54, 1.807) is 97.1 Å². The van der Waals surface area contributed by atoms with E-state index in [1.807, 2.05) is 62.4 Å². The summed E-state index contributed by atoms with van der Waals surface area (Å²) in [6.45, 7) is 3.78. The summed E-state index contributed by atoms with van der Waals surface area (Å²) in [6, 6.07) is 41.9. The molecule has 4 N–H and O–H groups in total. The van der Waals surface area contributed by atoms with Gasteiger partial charge in [0, 0.05) is 46.7 Å². The average Bonchev–Trinajstić information content (AvgIpc) is 3.18. The van der Waals surface area contributed by atoms with Gasteiger partial charge in [-0.25, -0.2) is 16.8 Å². The molecule has 0 heterocycles. The average molecular weight is 787 g/mol. The Balaban J connectivity index is 0.987. The molecule has 0 spiro atoms. The van der Waals surface area contributed by atoms with Gasteiger partial charge in [-0.3, -0.25) is 19.0 Å². The Bertz CT molecular complexity index is 2360. The number of anilines is 4. The van der Waals surface area contributed by atoms with Crippen LogP contribution in [0.1, 0.15) is 36.8 Å². The molecule has 56 heavy (non-hydrogen) atoms. The largest absolute Gasteiger partial charge is 0.326 e. The molecule has 286 valence electrons. The lowest BCUT2D eigenvalue weighted by molar-refractivity contribution is -0.118. The predicted octanol–water partition coefficient (Wildman–Crippen LogP) is 9.38. The fraction of sp³-hybridized carbons (Fsp3) is 0.136. The van der Waals surface area contributed by atoms with Gasteiger partial charge in [-0.1, -0.05) is 96.1 Å². The Labute approximate surface area is 328 Å². The van der Waals surface area contributed by atoms with E-state index in [1.165, 1.54) is 0 Å². The second kappa shape index (κ2) is 17.5. The Hall–Kier alpha value is -6.24. The van der Waals surface area contributed by atoms with E-state index < -0.39 is 20.0 Å². The van der Waals surface area contributed by atoms with Crippen LogP contribution in [0.5, 0.6) is 0 Å². The second-order valence-corrected chi connectivity index (χ2v) is 16.8. The smallest absolute Gasteiger partial charge is 0.261 e. The highest BCUT2D eigenvalue weighted by molar-refractivity contribution is 7.93. The fourth-order valence-electron chi connectivity index (χ4n) is 5.98. The summed E-state index contributed by atoms with van der Waals surface area (Å²) in [5, 5.41) is 5.96. The predicted molar refractivity (Wildman–Crippen MR) is 223 cm³/mol. The molecule has 0 aliphatic rings. The minimum Gasteiger partial charge on any atom is -0.326 e. The first-order valence-corrected chi connectivity index (χ1v) is 21.0. The number of carbonyl (C=O) groups is 2. The molecule has 0 saturated carbocycles. The third kappa shape index (κ3) is 10.3. The van der Waals surface area contributed by atoms with Crippen LogP contribution in [0.2, 0.25) is 0 Å². The number of benzene rings is 6. The molecule has 0 bridgehead atoms. The minimum absolute atomic E-state index is 0.176.